The monoisotopic (exact) mass is 444 g/mol. The Hall–Kier alpha value is -3.81. The van der Waals surface area contributed by atoms with Crippen LogP contribution >= 0.6 is 0 Å². The van der Waals surface area contributed by atoms with Crippen LogP contribution in [-0.4, -0.2) is 22.2 Å². The van der Waals surface area contributed by atoms with Crippen LogP contribution in [0.5, 0.6) is 5.75 Å². The fourth-order valence-corrected chi connectivity index (χ4v) is 3.18. The molecule has 1 unspecified atom stereocenters. The average Bonchev–Trinajstić information content (AvgIpc) is 2.76. The number of carboxylic acids is 2. The molecule has 0 saturated heterocycles. The first kappa shape index (κ1) is 22.9. The zero-order valence-electron chi connectivity index (χ0n) is 16.7. The number of carbonyl (C=O) groups is 2. The highest BCUT2D eigenvalue weighted by molar-refractivity contribution is 5.82. The Labute approximate surface area is 181 Å². The second-order valence-electron chi connectivity index (χ2n) is 7.12. The molecule has 0 aliphatic rings. The standard InChI is InChI=1S/C24H19F3O5/c25-24(26,27)19-8-4-16(5-9-19)18-3-1-2-15(12-18)14-32-20-10-6-17(7-11-20)21(23(30)31)13-22(28)29/h1-12,21H,13-14H2,(H,28,29)(H,30,31). The van der Waals surface area contributed by atoms with E-state index in [0.29, 0.717) is 16.9 Å². The molecule has 0 aliphatic carbocycles. The van der Waals surface area contributed by atoms with Gasteiger partial charge in [0, 0.05) is 0 Å². The summed E-state index contributed by atoms with van der Waals surface area (Å²) in [5, 5.41) is 18.1. The number of hydrogen-bond acceptors (Lipinski definition) is 3. The van der Waals surface area contributed by atoms with Gasteiger partial charge in [0.05, 0.1) is 17.9 Å². The van der Waals surface area contributed by atoms with Gasteiger partial charge in [-0.3, -0.25) is 9.59 Å². The molecule has 0 aliphatic heterocycles. The number of rotatable bonds is 8. The van der Waals surface area contributed by atoms with Crippen molar-refractivity contribution >= 4 is 11.9 Å². The van der Waals surface area contributed by atoms with Crippen LogP contribution in [0.25, 0.3) is 11.1 Å². The second kappa shape index (κ2) is 9.55. The number of ether oxygens (including phenoxy) is 1. The molecule has 0 heterocycles. The Balaban J connectivity index is 1.67. The van der Waals surface area contributed by atoms with E-state index in [0.717, 1.165) is 23.3 Å². The van der Waals surface area contributed by atoms with E-state index in [9.17, 15) is 27.9 Å². The zero-order chi connectivity index (χ0) is 23.3. The molecular weight excluding hydrogens is 425 g/mol. The van der Waals surface area contributed by atoms with E-state index < -0.39 is 36.0 Å². The van der Waals surface area contributed by atoms with Crippen LogP contribution in [0.4, 0.5) is 13.2 Å². The lowest BCUT2D eigenvalue weighted by molar-refractivity contribution is -0.145. The SMILES string of the molecule is O=C(O)CC(C(=O)O)c1ccc(OCc2cccc(-c3ccc(C(F)(F)F)cc3)c2)cc1. The summed E-state index contributed by atoms with van der Waals surface area (Å²) >= 11 is 0. The molecule has 0 spiro atoms. The summed E-state index contributed by atoms with van der Waals surface area (Å²) in [6.45, 7) is 0.186. The molecule has 32 heavy (non-hydrogen) atoms. The number of carboxylic acid groups (broad SMARTS) is 2. The number of aliphatic carboxylic acids is 2. The molecule has 3 aromatic rings. The molecule has 0 bridgehead atoms. The molecule has 0 amide bonds. The molecule has 5 nitrogen and oxygen atoms in total. The molecule has 0 radical (unpaired) electrons. The van der Waals surface area contributed by atoms with E-state index in [1.165, 1.54) is 24.3 Å². The van der Waals surface area contributed by atoms with E-state index in [1.807, 2.05) is 12.1 Å². The minimum Gasteiger partial charge on any atom is -0.489 e. The Morgan fingerprint density at radius 1 is 0.875 bits per heavy atom. The largest absolute Gasteiger partial charge is 0.489 e. The fraction of sp³-hybridized carbons (Fsp3) is 0.167. The van der Waals surface area contributed by atoms with Crippen LogP contribution in [0.2, 0.25) is 0 Å². The molecule has 0 fully saturated rings. The van der Waals surface area contributed by atoms with Crippen molar-refractivity contribution in [2.24, 2.45) is 0 Å². The summed E-state index contributed by atoms with van der Waals surface area (Å²) in [4.78, 5) is 22.2. The van der Waals surface area contributed by atoms with Gasteiger partial charge in [-0.25, -0.2) is 0 Å². The highest BCUT2D eigenvalue weighted by Gasteiger charge is 2.30. The number of hydrogen-bond donors (Lipinski definition) is 2. The van der Waals surface area contributed by atoms with Gasteiger partial charge in [-0.2, -0.15) is 13.2 Å². The molecule has 166 valence electrons. The lowest BCUT2D eigenvalue weighted by atomic mass is 9.96. The molecule has 8 heteroatoms. The lowest BCUT2D eigenvalue weighted by Gasteiger charge is -2.12. The van der Waals surface area contributed by atoms with Crippen LogP contribution in [0.15, 0.2) is 72.8 Å². The molecule has 2 N–H and O–H groups in total. The molecule has 0 saturated carbocycles. The summed E-state index contributed by atoms with van der Waals surface area (Å²) in [7, 11) is 0. The summed E-state index contributed by atoms with van der Waals surface area (Å²) < 4.78 is 43.9. The normalized spacial score (nSPS) is 12.2. The van der Waals surface area contributed by atoms with Crippen molar-refractivity contribution in [2.45, 2.75) is 25.1 Å². The Morgan fingerprint density at radius 3 is 2.09 bits per heavy atom. The van der Waals surface area contributed by atoms with E-state index in [4.69, 9.17) is 9.84 Å². The van der Waals surface area contributed by atoms with Crippen LogP contribution in [0.1, 0.15) is 29.0 Å². The third kappa shape index (κ3) is 5.87. The smallest absolute Gasteiger partial charge is 0.416 e. The summed E-state index contributed by atoms with van der Waals surface area (Å²) in [6, 6.07) is 18.2. The maximum absolute atomic E-state index is 12.7. The Bertz CT molecular complexity index is 1090. The predicted molar refractivity (Wildman–Crippen MR) is 110 cm³/mol. The number of halogens is 3. The Kier molecular flexibility index (Phi) is 6.82. The number of benzene rings is 3. The lowest BCUT2D eigenvalue weighted by Crippen LogP contribution is -2.15. The van der Waals surface area contributed by atoms with Crippen molar-refractivity contribution in [2.75, 3.05) is 0 Å². The second-order valence-corrected chi connectivity index (χ2v) is 7.12. The third-order valence-electron chi connectivity index (χ3n) is 4.84. The van der Waals surface area contributed by atoms with Crippen molar-refractivity contribution < 1.29 is 37.7 Å². The third-order valence-corrected chi connectivity index (χ3v) is 4.84. The molecule has 3 aromatic carbocycles. The fourth-order valence-electron chi connectivity index (χ4n) is 3.18. The molecular formula is C24H19F3O5. The minimum absolute atomic E-state index is 0.186. The van der Waals surface area contributed by atoms with E-state index >= 15 is 0 Å². The summed E-state index contributed by atoms with van der Waals surface area (Å²) in [5.74, 6) is -3.11. The van der Waals surface area contributed by atoms with Crippen molar-refractivity contribution in [3.63, 3.8) is 0 Å². The van der Waals surface area contributed by atoms with Gasteiger partial charge in [-0.1, -0.05) is 42.5 Å². The summed E-state index contributed by atoms with van der Waals surface area (Å²) in [5.41, 5.74) is 1.82. The minimum atomic E-state index is -4.39. The molecule has 0 aromatic heterocycles. The first-order chi connectivity index (χ1) is 15.1. The van der Waals surface area contributed by atoms with Gasteiger partial charge in [0.2, 0.25) is 0 Å². The topological polar surface area (TPSA) is 83.8 Å². The van der Waals surface area contributed by atoms with Crippen LogP contribution in [-0.2, 0) is 22.4 Å². The van der Waals surface area contributed by atoms with Gasteiger partial charge in [0.25, 0.3) is 0 Å². The van der Waals surface area contributed by atoms with Gasteiger partial charge in [-0.15, -0.1) is 0 Å². The molecule has 3 rings (SSSR count). The average molecular weight is 444 g/mol. The van der Waals surface area contributed by atoms with Crippen LogP contribution in [0, 0.1) is 0 Å². The zero-order valence-corrected chi connectivity index (χ0v) is 16.7. The van der Waals surface area contributed by atoms with Crippen molar-refractivity contribution in [3.8, 4) is 16.9 Å². The maximum atomic E-state index is 12.7. The van der Waals surface area contributed by atoms with Gasteiger partial charge < -0.3 is 14.9 Å². The van der Waals surface area contributed by atoms with E-state index in [2.05, 4.69) is 0 Å². The van der Waals surface area contributed by atoms with Gasteiger partial charge in [-0.05, 0) is 52.6 Å². The van der Waals surface area contributed by atoms with E-state index in [1.54, 1.807) is 24.3 Å². The number of alkyl halides is 3. The van der Waals surface area contributed by atoms with Gasteiger partial charge >= 0.3 is 18.1 Å². The highest BCUT2D eigenvalue weighted by Crippen LogP contribution is 2.31. The quantitative estimate of drug-likeness (QED) is 0.473. The van der Waals surface area contributed by atoms with Gasteiger partial charge in [0.15, 0.2) is 0 Å². The molecule has 1 atom stereocenters. The maximum Gasteiger partial charge on any atom is 0.416 e. The van der Waals surface area contributed by atoms with Crippen LogP contribution < -0.4 is 4.74 Å². The van der Waals surface area contributed by atoms with Crippen LogP contribution in [0.3, 0.4) is 0 Å². The highest BCUT2D eigenvalue weighted by atomic mass is 19.4. The summed E-state index contributed by atoms with van der Waals surface area (Å²) in [6.07, 6.45) is -4.91. The van der Waals surface area contributed by atoms with Gasteiger partial charge in [0.1, 0.15) is 12.4 Å². The van der Waals surface area contributed by atoms with Crippen molar-refractivity contribution in [3.05, 3.63) is 89.5 Å². The Morgan fingerprint density at radius 2 is 1.53 bits per heavy atom. The predicted octanol–water partition coefficient (Wildman–Crippen LogP) is 5.59. The first-order valence-electron chi connectivity index (χ1n) is 9.57. The van der Waals surface area contributed by atoms with Crippen molar-refractivity contribution in [1.29, 1.82) is 0 Å². The first-order valence-corrected chi connectivity index (χ1v) is 9.57. The van der Waals surface area contributed by atoms with Crippen molar-refractivity contribution in [1.82, 2.24) is 0 Å². The van der Waals surface area contributed by atoms with E-state index in [-0.39, 0.29) is 6.61 Å².